The predicted octanol–water partition coefficient (Wildman–Crippen LogP) is 5.89. The number of carbonyl (C=O) groups is 1. The monoisotopic (exact) mass is 535 g/mol. The fourth-order valence-corrected chi connectivity index (χ4v) is 4.76. The molecule has 0 aliphatic carbocycles. The number of hydrogen-bond acceptors (Lipinski definition) is 5. The van der Waals surface area contributed by atoms with Gasteiger partial charge in [0.25, 0.3) is 5.91 Å². The molecular formula is C31H26FN5O3. The molecule has 3 aromatic heterocycles. The molecule has 1 N–H and O–H groups in total. The zero-order valence-corrected chi connectivity index (χ0v) is 21.9. The minimum atomic E-state index is -1.23. The van der Waals surface area contributed by atoms with Gasteiger partial charge in [-0.25, -0.2) is 13.6 Å². The van der Waals surface area contributed by atoms with Gasteiger partial charge in [0.05, 0.1) is 30.0 Å². The summed E-state index contributed by atoms with van der Waals surface area (Å²) in [6.07, 6.45) is 3.92. The van der Waals surface area contributed by atoms with Crippen molar-refractivity contribution in [3.63, 3.8) is 0 Å². The second-order valence-electron chi connectivity index (χ2n) is 9.32. The lowest BCUT2D eigenvalue weighted by molar-refractivity contribution is 0.0226. The van der Waals surface area contributed by atoms with E-state index in [9.17, 15) is 9.18 Å². The second kappa shape index (κ2) is 10.2. The van der Waals surface area contributed by atoms with E-state index in [-0.39, 0.29) is 17.4 Å². The van der Waals surface area contributed by atoms with Crippen molar-refractivity contribution in [2.24, 2.45) is 0 Å². The quantitative estimate of drug-likeness (QED) is 0.246. The lowest BCUT2D eigenvalue weighted by Gasteiger charge is -2.35. The van der Waals surface area contributed by atoms with Crippen LogP contribution >= 0.6 is 0 Å². The number of hydrogen-bond donors (Lipinski definition) is 1. The van der Waals surface area contributed by atoms with Crippen molar-refractivity contribution in [3.8, 4) is 17.2 Å². The molecule has 9 heteroatoms. The Morgan fingerprint density at radius 2 is 1.82 bits per heavy atom. The van der Waals surface area contributed by atoms with Crippen molar-refractivity contribution in [2.75, 3.05) is 7.11 Å². The molecule has 3 heterocycles. The number of pyridine rings is 1. The summed E-state index contributed by atoms with van der Waals surface area (Å²) in [5.41, 5.74) is 2.13. The molecule has 6 rings (SSSR count). The van der Waals surface area contributed by atoms with E-state index in [2.05, 4.69) is 15.5 Å². The number of aromatic nitrogens is 4. The molecule has 0 saturated heterocycles. The van der Waals surface area contributed by atoms with E-state index in [0.717, 1.165) is 22.1 Å². The average Bonchev–Trinajstić information content (AvgIpc) is 3.62. The van der Waals surface area contributed by atoms with Crippen molar-refractivity contribution in [3.05, 3.63) is 120 Å². The maximum Gasteiger partial charge on any atom is 0.275 e. The summed E-state index contributed by atoms with van der Waals surface area (Å²) in [7, 11) is 1.59. The van der Waals surface area contributed by atoms with Crippen LogP contribution in [0.1, 0.15) is 29.4 Å². The van der Waals surface area contributed by atoms with Gasteiger partial charge < -0.3 is 14.8 Å². The van der Waals surface area contributed by atoms with Crippen LogP contribution in [0.5, 0.6) is 11.5 Å². The van der Waals surface area contributed by atoms with E-state index in [4.69, 9.17) is 9.47 Å². The van der Waals surface area contributed by atoms with Crippen molar-refractivity contribution in [1.29, 1.82) is 0 Å². The van der Waals surface area contributed by atoms with Crippen molar-refractivity contribution < 1.29 is 18.7 Å². The zero-order valence-electron chi connectivity index (χ0n) is 21.9. The summed E-state index contributed by atoms with van der Waals surface area (Å²) in [5.74, 6) is 0.483. The number of carbonyl (C=O) groups excluding carboxylic acids is 1. The van der Waals surface area contributed by atoms with Crippen molar-refractivity contribution >= 4 is 22.3 Å². The van der Waals surface area contributed by atoms with E-state index in [1.807, 2.05) is 67.6 Å². The van der Waals surface area contributed by atoms with Gasteiger partial charge in [-0.2, -0.15) is 10.2 Å². The average molecular weight is 536 g/mol. The molecule has 0 aliphatic rings. The van der Waals surface area contributed by atoms with E-state index in [1.54, 1.807) is 46.9 Å². The van der Waals surface area contributed by atoms with Gasteiger partial charge in [-0.1, -0.05) is 25.1 Å². The molecule has 6 aromatic rings. The Morgan fingerprint density at radius 1 is 0.975 bits per heavy atom. The third-order valence-electron chi connectivity index (χ3n) is 6.85. The van der Waals surface area contributed by atoms with Crippen molar-refractivity contribution in [2.45, 2.75) is 19.1 Å². The molecule has 200 valence electrons. The number of benzene rings is 3. The summed E-state index contributed by atoms with van der Waals surface area (Å²) in [5, 5.41) is 12.9. The Morgan fingerprint density at radius 3 is 2.60 bits per heavy atom. The summed E-state index contributed by atoms with van der Waals surface area (Å²) in [6, 6.07) is 26.5. The molecule has 1 atom stereocenters. The maximum atomic E-state index is 13.6. The number of nitrogens with zero attached hydrogens (tertiary/aromatic N) is 4. The van der Waals surface area contributed by atoms with Crippen molar-refractivity contribution in [1.82, 2.24) is 24.7 Å². The van der Waals surface area contributed by atoms with E-state index in [1.165, 1.54) is 12.1 Å². The standard InChI is InChI=1S/C31H26FN5O3/c1-3-31(22-7-6-9-26(18-22)39-2,34-30(38)28-19-25-8-4-5-16-36(25)35-28)40-27-14-15-29-21(17-27)20-33-37(29)24-12-10-23(32)11-13-24/h4-20H,3H2,1-2H3,(H,34,38). The summed E-state index contributed by atoms with van der Waals surface area (Å²) in [4.78, 5) is 13.6. The van der Waals surface area contributed by atoms with Crippen LogP contribution in [0.2, 0.25) is 0 Å². The van der Waals surface area contributed by atoms with Gasteiger partial charge in [-0.15, -0.1) is 0 Å². The van der Waals surface area contributed by atoms with Crippen LogP contribution in [0, 0.1) is 5.82 Å². The molecule has 0 radical (unpaired) electrons. The first-order chi connectivity index (χ1) is 19.5. The van der Waals surface area contributed by atoms with E-state index < -0.39 is 5.72 Å². The Bertz CT molecular complexity index is 1800. The number of methoxy groups -OCH3 is 1. The molecule has 3 aromatic carbocycles. The van der Waals surface area contributed by atoms with Crippen LogP contribution in [-0.4, -0.2) is 32.4 Å². The first-order valence-electron chi connectivity index (χ1n) is 12.8. The summed E-state index contributed by atoms with van der Waals surface area (Å²) >= 11 is 0. The predicted molar refractivity (Wildman–Crippen MR) is 149 cm³/mol. The van der Waals surface area contributed by atoms with Gasteiger partial charge in [0, 0.05) is 23.6 Å². The molecule has 1 unspecified atom stereocenters. The molecule has 0 aliphatic heterocycles. The Labute approximate surface area is 229 Å². The molecule has 40 heavy (non-hydrogen) atoms. The van der Waals surface area contributed by atoms with Crippen LogP contribution in [0.4, 0.5) is 4.39 Å². The highest BCUT2D eigenvalue weighted by Crippen LogP contribution is 2.33. The lowest BCUT2D eigenvalue weighted by atomic mass is 9.98. The van der Waals surface area contributed by atoms with Gasteiger partial charge in [0.1, 0.15) is 17.3 Å². The van der Waals surface area contributed by atoms with Crippen LogP contribution < -0.4 is 14.8 Å². The SMILES string of the molecule is CCC(NC(=O)c1cc2ccccn2n1)(Oc1ccc2c(cnn2-c2ccc(F)cc2)c1)c1cccc(OC)c1. The van der Waals surface area contributed by atoms with Gasteiger partial charge in [-0.3, -0.25) is 4.79 Å². The molecular weight excluding hydrogens is 509 g/mol. The van der Waals surface area contributed by atoms with E-state index >= 15 is 0 Å². The van der Waals surface area contributed by atoms with Gasteiger partial charge in [-0.05, 0) is 72.8 Å². The fraction of sp³-hybridized carbons (Fsp3) is 0.129. The number of fused-ring (bicyclic) bond motifs is 2. The Kier molecular flexibility index (Phi) is 6.39. The molecule has 8 nitrogen and oxygen atoms in total. The fourth-order valence-electron chi connectivity index (χ4n) is 4.76. The maximum absolute atomic E-state index is 13.6. The number of halogens is 1. The minimum Gasteiger partial charge on any atom is -0.497 e. The van der Waals surface area contributed by atoms with Crippen LogP contribution in [-0.2, 0) is 5.72 Å². The molecule has 0 saturated carbocycles. The second-order valence-corrected chi connectivity index (χ2v) is 9.32. The number of rotatable bonds is 8. The van der Waals surface area contributed by atoms with Gasteiger partial charge in [0.2, 0.25) is 5.72 Å². The highest BCUT2D eigenvalue weighted by Gasteiger charge is 2.36. The van der Waals surface area contributed by atoms with Crippen LogP contribution in [0.15, 0.2) is 103 Å². The largest absolute Gasteiger partial charge is 0.497 e. The number of amides is 1. The number of nitrogens with one attached hydrogen (secondary N) is 1. The van der Waals surface area contributed by atoms with Crippen LogP contribution in [0.25, 0.3) is 22.1 Å². The highest BCUT2D eigenvalue weighted by molar-refractivity contribution is 5.94. The summed E-state index contributed by atoms with van der Waals surface area (Å²) in [6.45, 7) is 1.94. The van der Waals surface area contributed by atoms with Gasteiger partial charge in [0.15, 0.2) is 5.69 Å². The normalized spacial score (nSPS) is 12.8. The molecule has 1 amide bonds. The number of ether oxygens (including phenoxy) is 2. The smallest absolute Gasteiger partial charge is 0.275 e. The Balaban J connectivity index is 1.38. The summed E-state index contributed by atoms with van der Waals surface area (Å²) < 4.78 is 28.9. The third kappa shape index (κ3) is 4.62. The first-order valence-corrected chi connectivity index (χ1v) is 12.8. The first kappa shape index (κ1) is 25.1. The van der Waals surface area contributed by atoms with Crippen LogP contribution in [0.3, 0.4) is 0 Å². The minimum absolute atomic E-state index is 0.270. The topological polar surface area (TPSA) is 82.7 Å². The Hall–Kier alpha value is -5.18. The zero-order chi connectivity index (χ0) is 27.7. The lowest BCUT2D eigenvalue weighted by Crippen LogP contribution is -2.50. The third-order valence-corrected chi connectivity index (χ3v) is 6.85. The van der Waals surface area contributed by atoms with E-state index in [0.29, 0.717) is 23.5 Å². The highest BCUT2D eigenvalue weighted by atomic mass is 19.1. The molecule has 0 spiro atoms. The van der Waals surface area contributed by atoms with Gasteiger partial charge >= 0.3 is 0 Å². The molecule has 0 fully saturated rings. The molecule has 0 bridgehead atoms.